The molecule has 1 aliphatic heterocycles. The van der Waals surface area contributed by atoms with E-state index in [4.69, 9.17) is 9.57 Å². The Morgan fingerprint density at radius 2 is 1.88 bits per heavy atom. The molecule has 2 aromatic rings. The van der Waals surface area contributed by atoms with E-state index in [1.807, 2.05) is 62.4 Å². The number of anilines is 1. The number of rotatable bonds is 17. The lowest BCUT2D eigenvalue weighted by Crippen LogP contribution is -2.62. The summed E-state index contributed by atoms with van der Waals surface area (Å²) >= 11 is 0. The Balaban J connectivity index is 1.30. The molecule has 2 aromatic carbocycles. The molecule has 0 spiro atoms. The highest BCUT2D eigenvalue weighted by atomic mass is 16.7. The summed E-state index contributed by atoms with van der Waals surface area (Å²) in [5.74, 6) is 0.891. The molecule has 4 fully saturated rings. The van der Waals surface area contributed by atoms with E-state index in [1.54, 1.807) is 19.1 Å². The van der Waals surface area contributed by atoms with E-state index < -0.39 is 24.2 Å². The Morgan fingerprint density at radius 3 is 2.50 bits per heavy atom. The van der Waals surface area contributed by atoms with Crippen molar-refractivity contribution in [3.05, 3.63) is 71.3 Å². The van der Waals surface area contributed by atoms with Crippen molar-refractivity contribution in [1.82, 2.24) is 20.6 Å². The van der Waals surface area contributed by atoms with Gasteiger partial charge in [-0.25, -0.2) is 0 Å². The standard InChI is InChI=1S/C46H67N5O7/c1-28-38-23-34(46(38,3)4)24-39(28)48-45(56)42-41(29(2)54)40(27-53)58-51(42)25-31-15-12-16-37(43(31)57-8)32-20-33(22-36(21-32)50(7)17-18-52)44(55)47-35(26-49(5)6)19-30-13-10-9-11-14-30/h10,12-16,20-22,28-29,34-35,38-42,52-54H,9,11,17-19,23-27H2,1-8H3,(H,47,55)(H,48,56)/t28-,29-,34+,35-,38-,39?,40-,41?,42-/m0/s1. The van der Waals surface area contributed by atoms with E-state index in [2.05, 4.69) is 54.5 Å². The number of nitrogens with one attached hydrogen (secondary N) is 2. The second-order valence-corrected chi connectivity index (χ2v) is 18.0. The third-order valence-electron chi connectivity index (χ3n) is 13.5. The number of carbonyl (C=O) groups excluding carboxylic acids is 2. The van der Waals surface area contributed by atoms with Gasteiger partial charge in [0.2, 0.25) is 5.91 Å². The first-order chi connectivity index (χ1) is 27.7. The third kappa shape index (κ3) is 9.32. The average molecular weight is 802 g/mol. The molecule has 1 saturated heterocycles. The number of nitrogens with zero attached hydrogens (tertiary/aromatic N) is 3. The molecule has 1 heterocycles. The van der Waals surface area contributed by atoms with E-state index in [9.17, 15) is 24.9 Å². The number of para-hydroxylation sites is 1. The Bertz CT molecular complexity index is 1830. The number of hydrogen-bond donors (Lipinski definition) is 5. The summed E-state index contributed by atoms with van der Waals surface area (Å²) in [6.45, 7) is 9.32. The van der Waals surface area contributed by atoms with Crippen LogP contribution < -0.4 is 20.3 Å². The van der Waals surface area contributed by atoms with Crippen LogP contribution in [-0.2, 0) is 16.2 Å². The van der Waals surface area contributed by atoms with Gasteiger partial charge in [-0.2, -0.15) is 5.06 Å². The maximum absolute atomic E-state index is 14.3. The Hall–Kier alpha value is -3.78. The molecular weight excluding hydrogens is 735 g/mol. The summed E-state index contributed by atoms with van der Waals surface area (Å²) in [5, 5.41) is 39.5. The van der Waals surface area contributed by atoms with Crippen LogP contribution in [0.4, 0.5) is 5.69 Å². The van der Waals surface area contributed by atoms with Crippen LogP contribution in [0, 0.1) is 29.1 Å². The van der Waals surface area contributed by atoms with E-state index >= 15 is 0 Å². The molecule has 4 aliphatic carbocycles. The van der Waals surface area contributed by atoms with E-state index in [-0.39, 0.29) is 49.1 Å². The van der Waals surface area contributed by atoms with Crippen LogP contribution in [-0.4, -0.2) is 122 Å². The van der Waals surface area contributed by atoms with Crippen LogP contribution in [0.5, 0.6) is 5.75 Å². The molecule has 7 rings (SSSR count). The van der Waals surface area contributed by atoms with Crippen molar-refractivity contribution in [3.63, 3.8) is 0 Å². The minimum atomic E-state index is -0.918. The van der Waals surface area contributed by atoms with Gasteiger partial charge in [-0.15, -0.1) is 0 Å². The number of likely N-dealkylation sites (N-methyl/N-ethyl adjacent to an activating group) is 2. The van der Waals surface area contributed by atoms with Crippen molar-refractivity contribution in [2.24, 2.45) is 29.1 Å². The first-order valence-corrected chi connectivity index (χ1v) is 21.1. The number of hydrogen-bond acceptors (Lipinski definition) is 10. The zero-order chi connectivity index (χ0) is 41.9. The van der Waals surface area contributed by atoms with Crippen LogP contribution >= 0.6 is 0 Å². The molecule has 9 atom stereocenters. The molecule has 0 radical (unpaired) electrons. The van der Waals surface area contributed by atoms with Crippen LogP contribution in [0.2, 0.25) is 0 Å². The molecule has 0 aromatic heterocycles. The largest absolute Gasteiger partial charge is 0.496 e. The molecule has 2 unspecified atom stereocenters. The number of aliphatic hydroxyl groups excluding tert-OH is 3. The third-order valence-corrected chi connectivity index (χ3v) is 13.5. The van der Waals surface area contributed by atoms with Crippen LogP contribution in [0.15, 0.2) is 60.2 Å². The summed E-state index contributed by atoms with van der Waals surface area (Å²) in [7, 11) is 7.48. The van der Waals surface area contributed by atoms with Crippen molar-refractivity contribution in [2.75, 3.05) is 59.5 Å². The molecule has 318 valence electrons. The lowest BCUT2D eigenvalue weighted by atomic mass is 9.45. The second-order valence-electron chi connectivity index (χ2n) is 18.0. The van der Waals surface area contributed by atoms with Gasteiger partial charge in [0, 0.05) is 60.5 Å². The maximum atomic E-state index is 14.3. The lowest BCUT2D eigenvalue weighted by molar-refractivity contribution is -0.183. The van der Waals surface area contributed by atoms with Crippen molar-refractivity contribution >= 4 is 17.5 Å². The molecule has 5 N–H and O–H groups in total. The van der Waals surface area contributed by atoms with Gasteiger partial charge in [0.05, 0.1) is 33.0 Å². The van der Waals surface area contributed by atoms with Crippen molar-refractivity contribution in [1.29, 1.82) is 0 Å². The van der Waals surface area contributed by atoms with Crippen molar-refractivity contribution in [3.8, 4) is 16.9 Å². The van der Waals surface area contributed by atoms with E-state index in [0.29, 0.717) is 42.2 Å². The first kappa shape index (κ1) is 43.8. The van der Waals surface area contributed by atoms with E-state index in [1.165, 1.54) is 12.0 Å². The fraction of sp³-hybridized carbons (Fsp3) is 0.609. The van der Waals surface area contributed by atoms with E-state index in [0.717, 1.165) is 48.1 Å². The van der Waals surface area contributed by atoms with Crippen LogP contribution in [0.3, 0.4) is 0 Å². The van der Waals surface area contributed by atoms with Gasteiger partial charge in [-0.3, -0.25) is 14.4 Å². The molecule has 2 bridgehead atoms. The van der Waals surface area contributed by atoms with Gasteiger partial charge in [0.1, 0.15) is 17.9 Å². The molecule has 5 aliphatic rings. The summed E-state index contributed by atoms with van der Waals surface area (Å²) in [5.41, 5.74) is 4.93. The number of carbonyl (C=O) groups is 2. The monoisotopic (exact) mass is 802 g/mol. The summed E-state index contributed by atoms with van der Waals surface area (Å²) in [6, 6.07) is 10.5. The number of ether oxygens (including phenoxy) is 1. The minimum absolute atomic E-state index is 0.0220. The number of amides is 2. The van der Waals surface area contributed by atoms with Crippen molar-refractivity contribution < 1.29 is 34.5 Å². The number of aliphatic hydroxyl groups is 3. The number of allylic oxidation sites excluding steroid dienone is 3. The van der Waals surface area contributed by atoms with Gasteiger partial charge in [0.25, 0.3) is 5.91 Å². The summed E-state index contributed by atoms with van der Waals surface area (Å²) in [4.78, 5) is 38.8. The quantitative estimate of drug-likeness (QED) is 0.152. The zero-order valence-corrected chi connectivity index (χ0v) is 35.8. The predicted octanol–water partition coefficient (Wildman–Crippen LogP) is 4.78. The minimum Gasteiger partial charge on any atom is -0.496 e. The van der Waals surface area contributed by atoms with Gasteiger partial charge in [0.15, 0.2) is 0 Å². The molecule has 58 heavy (non-hydrogen) atoms. The summed E-state index contributed by atoms with van der Waals surface area (Å²) < 4.78 is 6.12. The smallest absolute Gasteiger partial charge is 0.251 e. The van der Waals surface area contributed by atoms with Gasteiger partial charge < -0.3 is 40.5 Å². The zero-order valence-electron chi connectivity index (χ0n) is 35.8. The molecule has 3 saturated carbocycles. The van der Waals surface area contributed by atoms with Gasteiger partial charge in [-0.1, -0.05) is 62.8 Å². The fourth-order valence-corrected chi connectivity index (χ4v) is 10.2. The molecular formula is C46H67N5O7. The fourth-order valence-electron chi connectivity index (χ4n) is 10.2. The first-order valence-electron chi connectivity index (χ1n) is 21.1. The van der Waals surface area contributed by atoms with Gasteiger partial charge in [-0.05, 0) is 100 Å². The molecule has 2 amide bonds. The number of hydroxylamine groups is 2. The molecule has 12 nitrogen and oxygen atoms in total. The number of methoxy groups -OCH3 is 1. The highest BCUT2D eigenvalue weighted by molar-refractivity contribution is 5.97. The molecule has 12 heteroatoms. The number of benzene rings is 2. The average Bonchev–Trinajstić information content (AvgIpc) is 3.57. The number of fused-ring (bicyclic) bond motifs is 2. The maximum Gasteiger partial charge on any atom is 0.251 e. The lowest BCUT2D eigenvalue weighted by Gasteiger charge is -2.62. The Labute approximate surface area is 345 Å². The van der Waals surface area contributed by atoms with Crippen LogP contribution in [0.25, 0.3) is 11.1 Å². The van der Waals surface area contributed by atoms with Crippen molar-refractivity contribution in [2.45, 2.75) is 96.7 Å². The van der Waals surface area contributed by atoms with Gasteiger partial charge >= 0.3 is 0 Å². The Kier molecular flexibility index (Phi) is 14.1. The van der Waals surface area contributed by atoms with Crippen LogP contribution in [0.1, 0.15) is 75.7 Å². The second kappa shape index (κ2) is 18.6. The highest BCUT2D eigenvalue weighted by Gasteiger charge is 2.57. The highest BCUT2D eigenvalue weighted by Crippen LogP contribution is 2.61. The summed E-state index contributed by atoms with van der Waals surface area (Å²) in [6.07, 6.45) is 9.74. The predicted molar refractivity (Wildman–Crippen MR) is 227 cm³/mol. The SMILES string of the molecule is COc1c(CN2O[C@@H](CO)C([C@H](C)O)[C@H]2C(=O)NC2C[C@H]3C[C@@H]([C@@H]2C)C3(C)C)cccc1-c1cc(C(=O)N[C@@H](CC2=CCCC=C2)CN(C)C)cc(N(C)CCO)c1. The normalized spacial score (nSPS) is 27.4. The topological polar surface area (TPSA) is 147 Å². The Morgan fingerprint density at radius 1 is 1.10 bits per heavy atom.